The Morgan fingerprint density at radius 2 is 2.10 bits per heavy atom. The Morgan fingerprint density at radius 1 is 1.38 bits per heavy atom. The average Bonchev–Trinajstić information content (AvgIpc) is 3.28. The van der Waals surface area contributed by atoms with Crippen LogP contribution in [0.3, 0.4) is 0 Å². The first kappa shape index (κ1) is 16.2. The highest BCUT2D eigenvalue weighted by molar-refractivity contribution is 8.00. The quantitative estimate of drug-likeness (QED) is 0.570. The van der Waals surface area contributed by atoms with Gasteiger partial charge in [0.25, 0.3) is 0 Å². The first-order valence-corrected chi connectivity index (χ1v) is 8.30. The first-order valence-electron chi connectivity index (χ1n) is 6.94. The molecule has 114 valence electrons. The van der Waals surface area contributed by atoms with E-state index in [1.807, 2.05) is 18.2 Å². The number of benzene rings is 1. The lowest BCUT2D eigenvalue weighted by Gasteiger charge is -2.21. The van der Waals surface area contributed by atoms with Gasteiger partial charge >= 0.3 is 5.97 Å². The molecule has 0 unspecified atom stereocenters. The molecule has 1 aliphatic carbocycles. The second-order valence-electron chi connectivity index (χ2n) is 4.78. The predicted molar refractivity (Wildman–Crippen MR) is 83.5 cm³/mol. The molecule has 0 aromatic heterocycles. The van der Waals surface area contributed by atoms with Crippen LogP contribution in [0.2, 0.25) is 5.02 Å². The number of nitrogens with zero attached hydrogens (tertiary/aromatic N) is 1. The van der Waals surface area contributed by atoms with Gasteiger partial charge < -0.3 is 9.64 Å². The van der Waals surface area contributed by atoms with E-state index in [0.717, 1.165) is 17.7 Å². The van der Waals surface area contributed by atoms with Crippen LogP contribution in [0.25, 0.3) is 0 Å². The van der Waals surface area contributed by atoms with Crippen molar-refractivity contribution in [1.29, 1.82) is 0 Å². The third-order valence-electron chi connectivity index (χ3n) is 3.10. The molecule has 21 heavy (non-hydrogen) atoms. The minimum absolute atomic E-state index is 0.0421. The highest BCUT2D eigenvalue weighted by Crippen LogP contribution is 2.30. The van der Waals surface area contributed by atoms with Crippen LogP contribution in [-0.2, 0) is 14.3 Å². The van der Waals surface area contributed by atoms with Crippen molar-refractivity contribution in [2.24, 2.45) is 0 Å². The zero-order valence-corrected chi connectivity index (χ0v) is 13.5. The highest BCUT2D eigenvalue weighted by atomic mass is 35.5. The average molecular weight is 328 g/mol. The second kappa shape index (κ2) is 7.71. The molecule has 0 atom stereocenters. The molecule has 1 fully saturated rings. The summed E-state index contributed by atoms with van der Waals surface area (Å²) in [6.07, 6.45) is 1.92. The Morgan fingerprint density at radius 3 is 2.71 bits per heavy atom. The van der Waals surface area contributed by atoms with Crippen LogP contribution < -0.4 is 0 Å². The fourth-order valence-electron chi connectivity index (χ4n) is 1.94. The molecular weight excluding hydrogens is 310 g/mol. The number of hydrogen-bond donors (Lipinski definition) is 0. The van der Waals surface area contributed by atoms with Gasteiger partial charge in [0.05, 0.1) is 17.4 Å². The summed E-state index contributed by atoms with van der Waals surface area (Å²) in [5.41, 5.74) is 0. The summed E-state index contributed by atoms with van der Waals surface area (Å²) in [5, 5.41) is 0.638. The van der Waals surface area contributed by atoms with Crippen molar-refractivity contribution < 1.29 is 14.3 Å². The molecule has 0 N–H and O–H groups in total. The van der Waals surface area contributed by atoms with Crippen molar-refractivity contribution in [1.82, 2.24) is 4.90 Å². The van der Waals surface area contributed by atoms with Crippen LogP contribution in [-0.4, -0.2) is 41.7 Å². The molecule has 0 aliphatic heterocycles. The Bertz CT molecular complexity index is 519. The summed E-state index contributed by atoms with van der Waals surface area (Å²) >= 11 is 7.46. The molecular formula is C15H18ClNO3S. The Hall–Kier alpha value is -1.20. The van der Waals surface area contributed by atoms with Gasteiger partial charge in [0.2, 0.25) is 5.91 Å². The van der Waals surface area contributed by atoms with Crippen molar-refractivity contribution in [2.75, 3.05) is 18.9 Å². The number of carbonyl (C=O) groups is 2. The molecule has 0 radical (unpaired) electrons. The molecule has 1 amide bonds. The first-order chi connectivity index (χ1) is 10.1. The topological polar surface area (TPSA) is 46.6 Å². The maximum Gasteiger partial charge on any atom is 0.325 e. The van der Waals surface area contributed by atoms with E-state index >= 15 is 0 Å². The van der Waals surface area contributed by atoms with Crippen LogP contribution in [0.15, 0.2) is 29.2 Å². The number of rotatable bonds is 7. The minimum atomic E-state index is -0.347. The SMILES string of the molecule is CCOC(=O)CN(C(=O)CSc1ccccc1Cl)C1CC1. The molecule has 1 aromatic carbocycles. The molecule has 1 saturated carbocycles. The minimum Gasteiger partial charge on any atom is -0.465 e. The fourth-order valence-corrected chi connectivity index (χ4v) is 3.06. The van der Waals surface area contributed by atoms with E-state index in [2.05, 4.69) is 0 Å². The summed E-state index contributed by atoms with van der Waals surface area (Å²) in [4.78, 5) is 26.4. The maximum absolute atomic E-state index is 12.3. The van der Waals surface area contributed by atoms with E-state index in [4.69, 9.17) is 16.3 Å². The molecule has 1 aromatic rings. The van der Waals surface area contributed by atoms with Gasteiger partial charge in [-0.1, -0.05) is 23.7 Å². The summed E-state index contributed by atoms with van der Waals surface area (Å²) < 4.78 is 4.92. The lowest BCUT2D eigenvalue weighted by atomic mass is 10.4. The van der Waals surface area contributed by atoms with Gasteiger partial charge in [-0.2, -0.15) is 0 Å². The van der Waals surface area contributed by atoms with Gasteiger partial charge in [-0.25, -0.2) is 0 Å². The lowest BCUT2D eigenvalue weighted by molar-refractivity contribution is -0.148. The summed E-state index contributed by atoms with van der Waals surface area (Å²) in [6.45, 7) is 2.13. The van der Waals surface area contributed by atoms with Gasteiger partial charge in [-0.3, -0.25) is 9.59 Å². The van der Waals surface area contributed by atoms with E-state index in [9.17, 15) is 9.59 Å². The van der Waals surface area contributed by atoms with Crippen molar-refractivity contribution in [3.05, 3.63) is 29.3 Å². The number of esters is 1. The maximum atomic E-state index is 12.3. The monoisotopic (exact) mass is 327 g/mol. The third-order valence-corrected chi connectivity index (χ3v) is 4.60. The number of halogens is 1. The fraction of sp³-hybridized carbons (Fsp3) is 0.467. The molecule has 0 spiro atoms. The van der Waals surface area contributed by atoms with Crippen LogP contribution in [0.5, 0.6) is 0 Å². The van der Waals surface area contributed by atoms with Gasteiger partial charge in [0.15, 0.2) is 0 Å². The normalized spacial score (nSPS) is 13.8. The van der Waals surface area contributed by atoms with E-state index < -0.39 is 0 Å². The van der Waals surface area contributed by atoms with Crippen molar-refractivity contribution >= 4 is 35.2 Å². The molecule has 0 saturated heterocycles. The Labute approximate surface area is 133 Å². The molecule has 4 nitrogen and oxygen atoms in total. The predicted octanol–water partition coefficient (Wildman–Crippen LogP) is 2.99. The zero-order chi connectivity index (χ0) is 15.2. The van der Waals surface area contributed by atoms with Gasteiger partial charge in [0.1, 0.15) is 6.54 Å². The smallest absolute Gasteiger partial charge is 0.325 e. The molecule has 0 heterocycles. The molecule has 2 rings (SSSR count). The number of carbonyl (C=O) groups excluding carboxylic acids is 2. The highest BCUT2D eigenvalue weighted by Gasteiger charge is 2.34. The van der Waals surface area contributed by atoms with Crippen LogP contribution >= 0.6 is 23.4 Å². The van der Waals surface area contributed by atoms with Crippen LogP contribution in [0.1, 0.15) is 19.8 Å². The second-order valence-corrected chi connectivity index (χ2v) is 6.20. The van der Waals surface area contributed by atoms with E-state index in [0.29, 0.717) is 11.6 Å². The van der Waals surface area contributed by atoms with Gasteiger partial charge in [0, 0.05) is 10.9 Å². The Balaban J connectivity index is 1.90. The van der Waals surface area contributed by atoms with Crippen molar-refractivity contribution in [3.63, 3.8) is 0 Å². The van der Waals surface area contributed by atoms with Crippen molar-refractivity contribution in [2.45, 2.75) is 30.7 Å². The molecule has 1 aliphatic rings. The van der Waals surface area contributed by atoms with Crippen LogP contribution in [0, 0.1) is 0 Å². The summed E-state index contributed by atoms with van der Waals surface area (Å²) in [7, 11) is 0. The van der Waals surface area contributed by atoms with Gasteiger partial charge in [-0.05, 0) is 31.9 Å². The summed E-state index contributed by atoms with van der Waals surface area (Å²) in [5.74, 6) is -0.115. The van der Waals surface area contributed by atoms with Gasteiger partial charge in [-0.15, -0.1) is 11.8 Å². The van der Waals surface area contributed by atoms with Crippen molar-refractivity contribution in [3.8, 4) is 0 Å². The number of thioether (sulfide) groups is 1. The number of ether oxygens (including phenoxy) is 1. The number of amides is 1. The standard InChI is InChI=1S/C15H18ClNO3S/c1-2-20-15(19)9-17(11-7-8-11)14(18)10-21-13-6-4-3-5-12(13)16/h3-6,11H,2,7-10H2,1H3. The largest absolute Gasteiger partial charge is 0.465 e. The van der Waals surface area contributed by atoms with E-state index in [1.54, 1.807) is 17.9 Å². The third kappa shape index (κ3) is 4.93. The lowest BCUT2D eigenvalue weighted by Crippen LogP contribution is -2.39. The summed E-state index contributed by atoms with van der Waals surface area (Å²) in [6, 6.07) is 7.61. The van der Waals surface area contributed by atoms with E-state index in [1.165, 1.54) is 11.8 Å². The number of hydrogen-bond acceptors (Lipinski definition) is 4. The zero-order valence-electron chi connectivity index (χ0n) is 11.9. The molecule has 0 bridgehead atoms. The van der Waals surface area contributed by atoms with E-state index in [-0.39, 0.29) is 30.2 Å². The Kier molecular flexibility index (Phi) is 5.94. The molecule has 6 heteroatoms. The van der Waals surface area contributed by atoms with Crippen LogP contribution in [0.4, 0.5) is 0 Å².